The lowest BCUT2D eigenvalue weighted by molar-refractivity contribution is 0.252. The molecule has 0 saturated carbocycles. The Morgan fingerprint density at radius 1 is 1.06 bits per heavy atom. The highest BCUT2D eigenvalue weighted by molar-refractivity contribution is 14.1. The quantitative estimate of drug-likeness (QED) is 0.207. The Balaban J connectivity index is 1.67. The van der Waals surface area contributed by atoms with Gasteiger partial charge < -0.3 is 14.8 Å². The normalized spacial score (nSPS) is 10.8. The lowest BCUT2D eigenvalue weighted by Gasteiger charge is -2.15. The van der Waals surface area contributed by atoms with Crippen LogP contribution in [0.4, 0.5) is 10.5 Å². The summed E-state index contributed by atoms with van der Waals surface area (Å²) >= 11 is 2.22. The van der Waals surface area contributed by atoms with Crippen LogP contribution < -0.4 is 20.2 Å². The summed E-state index contributed by atoms with van der Waals surface area (Å²) in [6.07, 6.45) is 1.58. The first-order valence-electron chi connectivity index (χ1n) is 10.3. The molecule has 32 heavy (non-hydrogen) atoms. The number of hydrogen-bond acceptors (Lipinski definition) is 4. The molecular weight excluding hydrogens is 517 g/mol. The maximum Gasteiger partial charge on any atom is 0.339 e. The van der Waals surface area contributed by atoms with E-state index in [0.717, 1.165) is 25.9 Å². The number of benzene rings is 3. The number of nitrogens with one attached hydrogen (secondary N) is 2. The van der Waals surface area contributed by atoms with E-state index in [2.05, 4.69) is 57.5 Å². The van der Waals surface area contributed by atoms with Crippen molar-refractivity contribution in [1.82, 2.24) is 5.43 Å². The second-order valence-corrected chi connectivity index (χ2v) is 8.34. The summed E-state index contributed by atoms with van der Waals surface area (Å²) in [6.45, 7) is 6.87. The number of para-hydroxylation sites is 1. The van der Waals surface area contributed by atoms with Gasteiger partial charge in [-0.1, -0.05) is 48.0 Å². The number of hydrogen-bond donors (Lipinski definition) is 2. The van der Waals surface area contributed by atoms with Crippen molar-refractivity contribution < 1.29 is 14.3 Å². The number of carbonyl (C=O) groups is 1. The van der Waals surface area contributed by atoms with Crippen LogP contribution >= 0.6 is 22.6 Å². The van der Waals surface area contributed by atoms with Crippen LogP contribution in [-0.2, 0) is 6.61 Å². The number of hydrazone groups is 1. The molecule has 0 aliphatic rings. The first kappa shape index (κ1) is 23.6. The fourth-order valence-electron chi connectivity index (χ4n) is 3.05. The molecule has 0 heterocycles. The predicted octanol–water partition coefficient (Wildman–Crippen LogP) is 6.04. The van der Waals surface area contributed by atoms with Crippen LogP contribution in [0.1, 0.15) is 29.2 Å². The second-order valence-electron chi connectivity index (χ2n) is 7.18. The fourth-order valence-corrected chi connectivity index (χ4v) is 3.83. The largest absolute Gasteiger partial charge is 0.490 e. The highest BCUT2D eigenvalue weighted by atomic mass is 127. The Bertz CT molecular complexity index is 1120. The number of carbonyl (C=O) groups excluding carboxylic acids is 1. The molecule has 0 aliphatic carbocycles. The zero-order valence-corrected chi connectivity index (χ0v) is 20.5. The van der Waals surface area contributed by atoms with Crippen molar-refractivity contribution in [1.29, 1.82) is 0 Å². The fraction of sp³-hybridized carbons (Fsp3) is 0.200. The molecule has 0 aliphatic heterocycles. The summed E-state index contributed by atoms with van der Waals surface area (Å²) in [5.41, 5.74) is 7.28. The molecule has 0 spiro atoms. The van der Waals surface area contributed by atoms with E-state index in [9.17, 15) is 4.79 Å². The topological polar surface area (TPSA) is 72.0 Å². The molecule has 3 aromatic carbocycles. The third-order valence-corrected chi connectivity index (χ3v) is 5.37. The van der Waals surface area contributed by atoms with Crippen molar-refractivity contribution in [3.8, 4) is 11.5 Å². The van der Waals surface area contributed by atoms with Gasteiger partial charge in [-0.3, -0.25) is 0 Å². The Labute approximate surface area is 202 Å². The summed E-state index contributed by atoms with van der Waals surface area (Å²) in [5, 5.41) is 6.83. The van der Waals surface area contributed by atoms with Crippen LogP contribution in [0.15, 0.2) is 65.8 Å². The Kier molecular flexibility index (Phi) is 8.49. The molecule has 166 valence electrons. The molecule has 7 heteroatoms. The second kappa shape index (κ2) is 11.5. The summed E-state index contributed by atoms with van der Waals surface area (Å²) in [4.78, 5) is 12.1. The van der Waals surface area contributed by atoms with Crippen molar-refractivity contribution in [2.24, 2.45) is 5.10 Å². The molecule has 0 radical (unpaired) electrons. The van der Waals surface area contributed by atoms with Gasteiger partial charge in [-0.15, -0.1) is 0 Å². The van der Waals surface area contributed by atoms with Gasteiger partial charge in [-0.2, -0.15) is 5.10 Å². The zero-order valence-electron chi connectivity index (χ0n) is 18.3. The molecule has 0 atom stereocenters. The smallest absolute Gasteiger partial charge is 0.339 e. The first-order valence-corrected chi connectivity index (χ1v) is 11.3. The average molecular weight is 543 g/mol. The number of amides is 2. The van der Waals surface area contributed by atoms with Crippen LogP contribution in [0.5, 0.6) is 11.5 Å². The van der Waals surface area contributed by atoms with Gasteiger partial charge in [-0.05, 0) is 78.3 Å². The molecule has 3 rings (SSSR count). The SMILES string of the molecule is CCOc1cc(C=NNC(=O)Nc2ccccc2C)cc(I)c1OCc1cccc(C)c1. The summed E-state index contributed by atoms with van der Waals surface area (Å²) < 4.78 is 12.8. The van der Waals surface area contributed by atoms with Gasteiger partial charge in [0.15, 0.2) is 11.5 Å². The number of rotatable bonds is 8. The van der Waals surface area contributed by atoms with Crippen molar-refractivity contribution >= 4 is 40.5 Å². The van der Waals surface area contributed by atoms with Crippen molar-refractivity contribution in [2.75, 3.05) is 11.9 Å². The van der Waals surface area contributed by atoms with Crippen LogP contribution in [0, 0.1) is 17.4 Å². The van der Waals surface area contributed by atoms with Gasteiger partial charge in [0, 0.05) is 5.69 Å². The molecular formula is C25H26IN3O3. The monoisotopic (exact) mass is 543 g/mol. The van der Waals surface area contributed by atoms with Crippen molar-refractivity contribution in [3.05, 3.63) is 86.5 Å². The highest BCUT2D eigenvalue weighted by Crippen LogP contribution is 2.34. The van der Waals surface area contributed by atoms with Crippen molar-refractivity contribution in [3.63, 3.8) is 0 Å². The third-order valence-electron chi connectivity index (χ3n) is 4.57. The number of aryl methyl sites for hydroxylation is 2. The Morgan fingerprint density at radius 3 is 2.62 bits per heavy atom. The number of urea groups is 1. The van der Waals surface area contributed by atoms with Crippen molar-refractivity contribution in [2.45, 2.75) is 27.4 Å². The van der Waals surface area contributed by atoms with Gasteiger partial charge in [0.25, 0.3) is 0 Å². The number of anilines is 1. The minimum atomic E-state index is -0.409. The highest BCUT2D eigenvalue weighted by Gasteiger charge is 2.12. The minimum Gasteiger partial charge on any atom is -0.490 e. The standard InChI is InChI=1S/C25H26IN3O3/c1-4-31-23-14-20(15-27-29-25(30)28-22-11-6-5-9-18(22)3)13-21(26)24(23)32-16-19-10-7-8-17(2)12-19/h5-15H,4,16H2,1-3H3,(H2,28,29,30). The molecule has 0 fully saturated rings. The van der Waals surface area contributed by atoms with E-state index in [1.54, 1.807) is 6.21 Å². The first-order chi connectivity index (χ1) is 15.5. The average Bonchev–Trinajstić information content (AvgIpc) is 2.75. The molecule has 0 saturated heterocycles. The van der Waals surface area contributed by atoms with E-state index in [1.807, 2.05) is 62.4 Å². The molecule has 2 N–H and O–H groups in total. The van der Waals surface area contributed by atoms with Crippen LogP contribution in [-0.4, -0.2) is 18.9 Å². The zero-order chi connectivity index (χ0) is 22.9. The molecule has 0 unspecified atom stereocenters. The molecule has 2 amide bonds. The van der Waals surface area contributed by atoms with Crippen LogP contribution in [0.25, 0.3) is 0 Å². The summed E-state index contributed by atoms with van der Waals surface area (Å²) in [5.74, 6) is 1.33. The summed E-state index contributed by atoms with van der Waals surface area (Å²) in [6, 6.07) is 19.1. The summed E-state index contributed by atoms with van der Waals surface area (Å²) in [7, 11) is 0. The molecule has 6 nitrogen and oxygen atoms in total. The maximum atomic E-state index is 12.1. The predicted molar refractivity (Wildman–Crippen MR) is 137 cm³/mol. The van der Waals surface area contributed by atoms with E-state index < -0.39 is 6.03 Å². The Hall–Kier alpha value is -3.07. The number of ether oxygens (including phenoxy) is 2. The van der Waals surface area contributed by atoms with Gasteiger partial charge in [0.1, 0.15) is 6.61 Å². The van der Waals surface area contributed by atoms with E-state index in [0.29, 0.717) is 24.7 Å². The van der Waals surface area contributed by atoms with E-state index in [1.165, 1.54) is 5.56 Å². The van der Waals surface area contributed by atoms with E-state index >= 15 is 0 Å². The minimum absolute atomic E-state index is 0.409. The Morgan fingerprint density at radius 2 is 1.88 bits per heavy atom. The van der Waals surface area contributed by atoms with Gasteiger partial charge >= 0.3 is 6.03 Å². The van der Waals surface area contributed by atoms with Crippen LogP contribution in [0.2, 0.25) is 0 Å². The van der Waals surface area contributed by atoms with Crippen LogP contribution in [0.3, 0.4) is 0 Å². The van der Waals surface area contributed by atoms with Gasteiger partial charge in [-0.25, -0.2) is 10.2 Å². The number of nitrogens with zero attached hydrogens (tertiary/aromatic N) is 1. The van der Waals surface area contributed by atoms with E-state index in [-0.39, 0.29) is 0 Å². The number of halogens is 1. The lowest BCUT2D eigenvalue weighted by Crippen LogP contribution is -2.24. The lowest BCUT2D eigenvalue weighted by atomic mass is 10.1. The maximum absolute atomic E-state index is 12.1. The molecule has 0 aromatic heterocycles. The third kappa shape index (κ3) is 6.71. The van der Waals surface area contributed by atoms with Gasteiger partial charge in [0.05, 0.1) is 16.4 Å². The van der Waals surface area contributed by atoms with Gasteiger partial charge in [0.2, 0.25) is 0 Å². The molecule has 0 bridgehead atoms. The molecule has 3 aromatic rings. The van der Waals surface area contributed by atoms with E-state index in [4.69, 9.17) is 9.47 Å².